The lowest BCUT2D eigenvalue weighted by molar-refractivity contribution is -0.138. The van der Waals surface area contributed by atoms with Crippen molar-refractivity contribution in [2.24, 2.45) is 17.4 Å². The molecule has 0 saturated carbocycles. The Labute approximate surface area is 129 Å². The molecule has 2 unspecified atom stereocenters. The molecule has 1 amide bonds. The predicted molar refractivity (Wildman–Crippen MR) is 80.0 cm³/mol. The normalized spacial score (nSPS) is 12.5. The van der Waals surface area contributed by atoms with Gasteiger partial charge in [0.1, 0.15) is 0 Å². The highest BCUT2D eigenvalue weighted by molar-refractivity contribution is 5.86. The summed E-state index contributed by atoms with van der Waals surface area (Å²) in [6.45, 7) is 3.77. The maximum atomic E-state index is 11.4. The van der Waals surface area contributed by atoms with E-state index in [1.807, 2.05) is 13.8 Å². The highest BCUT2D eigenvalue weighted by Gasteiger charge is 2.19. The van der Waals surface area contributed by atoms with Crippen molar-refractivity contribution >= 4 is 23.6 Å². The largest absolute Gasteiger partial charge is 0.481 e. The fraction of sp³-hybridized carbons (Fsp3) is 0.714. The zero-order valence-corrected chi connectivity index (χ0v) is 13.1. The van der Waals surface area contributed by atoms with Gasteiger partial charge in [-0.15, -0.1) is 0 Å². The monoisotopic (exact) mass is 318 g/mol. The first-order valence-electron chi connectivity index (χ1n) is 7.12. The molecule has 22 heavy (non-hydrogen) atoms. The van der Waals surface area contributed by atoms with Crippen LogP contribution in [0, 0.1) is 5.92 Å². The molecular formula is C14H26N2O6. The topological polar surface area (TPSA) is 161 Å². The molecule has 0 aromatic heterocycles. The van der Waals surface area contributed by atoms with Crippen LogP contribution in [0.3, 0.4) is 0 Å². The summed E-state index contributed by atoms with van der Waals surface area (Å²) in [5.74, 6) is -2.31. The molecule has 0 saturated heterocycles. The van der Waals surface area contributed by atoms with E-state index < -0.39 is 23.9 Å². The maximum Gasteiger partial charge on any atom is 0.303 e. The van der Waals surface area contributed by atoms with E-state index in [2.05, 4.69) is 0 Å². The number of primary amides is 1. The van der Waals surface area contributed by atoms with Gasteiger partial charge in [-0.25, -0.2) is 0 Å². The highest BCUT2D eigenvalue weighted by Crippen LogP contribution is 2.07. The van der Waals surface area contributed by atoms with Gasteiger partial charge in [-0.1, -0.05) is 13.8 Å². The number of ketones is 1. The van der Waals surface area contributed by atoms with Crippen molar-refractivity contribution in [2.75, 3.05) is 0 Å². The Morgan fingerprint density at radius 3 is 1.77 bits per heavy atom. The second-order valence-electron chi connectivity index (χ2n) is 4.96. The van der Waals surface area contributed by atoms with Crippen LogP contribution in [0.25, 0.3) is 0 Å². The fourth-order valence-electron chi connectivity index (χ4n) is 1.40. The van der Waals surface area contributed by atoms with E-state index in [0.717, 1.165) is 6.42 Å². The van der Waals surface area contributed by atoms with Crippen LogP contribution in [-0.4, -0.2) is 39.9 Å². The predicted octanol–water partition coefficient (Wildman–Crippen LogP) is 0.520. The van der Waals surface area contributed by atoms with E-state index in [1.54, 1.807) is 0 Å². The number of carbonyl (C=O) groups is 4. The van der Waals surface area contributed by atoms with Gasteiger partial charge in [0.2, 0.25) is 5.91 Å². The summed E-state index contributed by atoms with van der Waals surface area (Å²) < 4.78 is 0. The number of rotatable bonds is 10. The van der Waals surface area contributed by atoms with Crippen LogP contribution in [0.2, 0.25) is 0 Å². The van der Waals surface area contributed by atoms with Gasteiger partial charge >= 0.3 is 11.9 Å². The third-order valence-corrected chi connectivity index (χ3v) is 2.95. The summed E-state index contributed by atoms with van der Waals surface area (Å²) in [6.07, 6.45) is 1.41. The molecule has 8 nitrogen and oxygen atoms in total. The molecule has 0 bridgehead atoms. The first kappa shape index (κ1) is 22.3. The number of carboxylic acid groups (broad SMARTS) is 2. The maximum absolute atomic E-state index is 11.4. The minimum atomic E-state index is -0.948. The summed E-state index contributed by atoms with van der Waals surface area (Å²) in [7, 11) is 0. The number of nitrogens with two attached hydrogens (primary N) is 2. The van der Waals surface area contributed by atoms with Gasteiger partial charge in [-0.05, 0) is 19.3 Å². The summed E-state index contributed by atoms with van der Waals surface area (Å²) >= 11 is 0. The Hall–Kier alpha value is -1.96. The zero-order chi connectivity index (χ0) is 17.7. The van der Waals surface area contributed by atoms with Crippen LogP contribution in [0.1, 0.15) is 52.4 Å². The summed E-state index contributed by atoms with van der Waals surface area (Å²) in [5.41, 5.74) is 10.5. The average molecular weight is 318 g/mol. The van der Waals surface area contributed by atoms with Crippen LogP contribution in [0.5, 0.6) is 0 Å². The third kappa shape index (κ3) is 14.4. The molecule has 0 fully saturated rings. The molecule has 0 aliphatic carbocycles. The molecule has 0 radical (unpaired) electrons. The molecule has 0 rings (SSSR count). The van der Waals surface area contributed by atoms with E-state index in [1.165, 1.54) is 0 Å². The number of aliphatic carboxylic acids is 2. The van der Waals surface area contributed by atoms with Crippen LogP contribution in [0.4, 0.5) is 0 Å². The SMILES string of the molecule is CCC(C)C(=O)C(N)CCC(N)=O.O=C(O)CCCC(=O)O. The van der Waals surface area contributed by atoms with Gasteiger partial charge in [-0.2, -0.15) is 0 Å². The molecule has 2 atom stereocenters. The molecule has 0 heterocycles. The number of Topliss-reactive ketones (excluding diaryl/α,β-unsaturated/α-hetero) is 1. The van der Waals surface area contributed by atoms with Gasteiger partial charge in [0.25, 0.3) is 0 Å². The molecule has 128 valence electrons. The van der Waals surface area contributed by atoms with Gasteiger partial charge < -0.3 is 21.7 Å². The molecular weight excluding hydrogens is 292 g/mol. The minimum absolute atomic E-state index is 0.0174. The van der Waals surface area contributed by atoms with Gasteiger partial charge in [0.15, 0.2) is 5.78 Å². The number of hydrogen-bond acceptors (Lipinski definition) is 5. The van der Waals surface area contributed by atoms with Crippen LogP contribution in [0.15, 0.2) is 0 Å². The Morgan fingerprint density at radius 1 is 1.00 bits per heavy atom. The van der Waals surface area contributed by atoms with Crippen molar-refractivity contribution in [2.45, 2.75) is 58.4 Å². The van der Waals surface area contributed by atoms with Crippen molar-refractivity contribution < 1.29 is 29.4 Å². The number of carboxylic acids is 2. The standard InChI is InChI=1S/C9H18N2O2.C5H8O4/c1-3-6(2)9(13)7(10)4-5-8(11)12;6-4(7)2-1-3-5(8)9/h6-7H,3-5,10H2,1-2H3,(H2,11,12);1-3H2,(H,6,7)(H,8,9). The van der Waals surface area contributed by atoms with E-state index >= 15 is 0 Å². The Kier molecular flexibility index (Phi) is 12.9. The zero-order valence-electron chi connectivity index (χ0n) is 13.1. The molecule has 6 N–H and O–H groups in total. The first-order valence-corrected chi connectivity index (χ1v) is 7.12. The molecule has 0 aromatic carbocycles. The van der Waals surface area contributed by atoms with E-state index in [4.69, 9.17) is 21.7 Å². The molecule has 0 aliphatic heterocycles. The Bertz CT molecular complexity index is 370. The molecule has 0 aromatic rings. The van der Waals surface area contributed by atoms with Crippen LogP contribution >= 0.6 is 0 Å². The van der Waals surface area contributed by atoms with Crippen molar-refractivity contribution in [3.05, 3.63) is 0 Å². The lowest BCUT2D eigenvalue weighted by Gasteiger charge is -2.13. The Morgan fingerprint density at radius 2 is 1.45 bits per heavy atom. The number of amides is 1. The molecule has 0 spiro atoms. The second kappa shape index (κ2) is 12.8. The second-order valence-corrected chi connectivity index (χ2v) is 4.96. The van der Waals surface area contributed by atoms with Crippen LogP contribution in [-0.2, 0) is 19.2 Å². The quantitative estimate of drug-likeness (QED) is 0.456. The summed E-state index contributed by atoms with van der Waals surface area (Å²) in [6, 6.07) is -0.539. The lowest BCUT2D eigenvalue weighted by atomic mass is 9.95. The lowest BCUT2D eigenvalue weighted by Crippen LogP contribution is -2.35. The van der Waals surface area contributed by atoms with E-state index in [9.17, 15) is 19.2 Å². The van der Waals surface area contributed by atoms with E-state index in [0.29, 0.717) is 6.42 Å². The molecule has 0 aliphatic rings. The average Bonchev–Trinajstić information content (AvgIpc) is 2.42. The highest BCUT2D eigenvalue weighted by atomic mass is 16.4. The van der Waals surface area contributed by atoms with Gasteiger partial charge in [0.05, 0.1) is 6.04 Å². The smallest absolute Gasteiger partial charge is 0.303 e. The van der Waals surface area contributed by atoms with Crippen molar-refractivity contribution in [1.29, 1.82) is 0 Å². The van der Waals surface area contributed by atoms with E-state index in [-0.39, 0.29) is 37.4 Å². The van der Waals surface area contributed by atoms with Crippen molar-refractivity contribution in [3.63, 3.8) is 0 Å². The minimum Gasteiger partial charge on any atom is -0.481 e. The van der Waals surface area contributed by atoms with Gasteiger partial charge in [-0.3, -0.25) is 19.2 Å². The third-order valence-electron chi connectivity index (χ3n) is 2.95. The van der Waals surface area contributed by atoms with Crippen LogP contribution < -0.4 is 11.5 Å². The fourth-order valence-corrected chi connectivity index (χ4v) is 1.40. The number of hydrogen-bond donors (Lipinski definition) is 4. The molecule has 8 heteroatoms. The first-order chi connectivity index (χ1) is 10.1. The van der Waals surface area contributed by atoms with Gasteiger partial charge in [0, 0.05) is 25.2 Å². The number of carbonyl (C=O) groups excluding carboxylic acids is 2. The Balaban J connectivity index is 0. The van der Waals surface area contributed by atoms with Crippen molar-refractivity contribution in [3.8, 4) is 0 Å². The van der Waals surface area contributed by atoms with Crippen molar-refractivity contribution in [1.82, 2.24) is 0 Å². The summed E-state index contributed by atoms with van der Waals surface area (Å²) in [4.78, 5) is 41.4. The summed E-state index contributed by atoms with van der Waals surface area (Å²) in [5, 5.41) is 16.1.